The van der Waals surface area contributed by atoms with Gasteiger partial charge in [0.15, 0.2) is 0 Å². The maximum Gasteiger partial charge on any atom is 0.328 e. The molecule has 1 aliphatic heterocycles. The van der Waals surface area contributed by atoms with E-state index in [2.05, 4.69) is 37.2 Å². The fourth-order valence-electron chi connectivity index (χ4n) is 5.45. The van der Waals surface area contributed by atoms with Gasteiger partial charge in [-0.3, -0.25) is 38.4 Å². The molecule has 0 bridgehead atoms. The van der Waals surface area contributed by atoms with Gasteiger partial charge >= 0.3 is 5.97 Å². The molecular weight excluding hydrogens is 710 g/mol. The number of nitrogens with two attached hydrogens (primary N) is 2. The summed E-state index contributed by atoms with van der Waals surface area (Å²) in [4.78, 5) is 114. The largest absolute Gasteiger partial charge is 0.480 e. The Bertz CT molecular complexity index is 1500. The van der Waals surface area contributed by atoms with Crippen LogP contribution in [0.25, 0.3) is 0 Å². The second-order valence-electron chi connectivity index (χ2n) is 13.2. The lowest BCUT2D eigenvalue weighted by Crippen LogP contribution is -2.60. The van der Waals surface area contributed by atoms with Crippen molar-refractivity contribution in [2.45, 2.75) is 95.0 Å². The van der Waals surface area contributed by atoms with Crippen molar-refractivity contribution in [3.05, 3.63) is 35.9 Å². The summed E-state index contributed by atoms with van der Waals surface area (Å²) in [5, 5.41) is 36.0. The van der Waals surface area contributed by atoms with Gasteiger partial charge in [-0.1, -0.05) is 44.2 Å². The summed E-state index contributed by atoms with van der Waals surface area (Å²) in [5.74, 6) is -8.50. The van der Waals surface area contributed by atoms with Crippen molar-refractivity contribution in [3.63, 3.8) is 0 Å². The van der Waals surface area contributed by atoms with Crippen LogP contribution in [0.5, 0.6) is 0 Å². The predicted octanol–water partition coefficient (Wildman–Crippen LogP) is -4.21. The van der Waals surface area contributed by atoms with Gasteiger partial charge in [0.25, 0.3) is 0 Å². The summed E-state index contributed by atoms with van der Waals surface area (Å²) in [6, 6.07) is 0.515. The van der Waals surface area contributed by atoms with E-state index in [1.165, 1.54) is 0 Å². The highest BCUT2D eigenvalue weighted by atomic mass is 16.4. The van der Waals surface area contributed by atoms with Crippen molar-refractivity contribution >= 4 is 53.2 Å². The maximum atomic E-state index is 13.9. The molecule has 6 atom stereocenters. The molecule has 0 aliphatic carbocycles. The summed E-state index contributed by atoms with van der Waals surface area (Å²) >= 11 is 0. The lowest BCUT2D eigenvalue weighted by Gasteiger charge is -2.27. The minimum atomic E-state index is -1.71. The number of primary amides is 2. The molecule has 1 heterocycles. The fraction of sp³-hybridized carbons (Fsp3) is 0.559. The van der Waals surface area contributed by atoms with Crippen LogP contribution in [0.1, 0.15) is 57.9 Å². The molecule has 0 radical (unpaired) electrons. The van der Waals surface area contributed by atoms with Gasteiger partial charge in [0.1, 0.15) is 30.2 Å². The Labute approximate surface area is 311 Å². The molecule has 1 aliphatic rings. The van der Waals surface area contributed by atoms with Crippen LogP contribution < -0.4 is 48.7 Å². The van der Waals surface area contributed by atoms with Gasteiger partial charge in [-0.2, -0.15) is 0 Å². The first-order valence-electron chi connectivity index (χ1n) is 17.5. The van der Waals surface area contributed by atoms with Gasteiger partial charge in [-0.05, 0) is 43.7 Å². The number of hydrogen-bond donors (Lipinski definition) is 11. The van der Waals surface area contributed by atoms with Crippen LogP contribution in [-0.4, -0.2) is 119 Å². The van der Waals surface area contributed by atoms with Gasteiger partial charge in [0, 0.05) is 12.8 Å². The molecule has 20 nitrogen and oxygen atoms in total. The maximum absolute atomic E-state index is 13.9. The Morgan fingerprint density at radius 1 is 0.778 bits per heavy atom. The third-order valence-corrected chi connectivity index (χ3v) is 8.22. The van der Waals surface area contributed by atoms with Gasteiger partial charge in [0.05, 0.1) is 25.6 Å². The number of aliphatic carboxylic acids is 1. The molecule has 2 rings (SSSR count). The molecule has 13 N–H and O–H groups in total. The van der Waals surface area contributed by atoms with Crippen LogP contribution in [0, 0.1) is 5.92 Å². The Kier molecular flexibility index (Phi) is 18.5. The van der Waals surface area contributed by atoms with Crippen molar-refractivity contribution in [1.29, 1.82) is 0 Å². The van der Waals surface area contributed by atoms with Crippen LogP contribution in [0.15, 0.2) is 30.3 Å². The quantitative estimate of drug-likeness (QED) is 0.0506. The molecule has 0 spiro atoms. The Morgan fingerprint density at radius 3 is 1.91 bits per heavy atom. The molecule has 298 valence electrons. The van der Waals surface area contributed by atoms with Crippen molar-refractivity contribution in [2.24, 2.45) is 17.4 Å². The SMILES string of the molecule is CC(C)C[C@H](NC(=O)[C@H](Cc1ccccc1)NC(=O)[C@H](CC(N)=O)NC(=O)CNC(=O)[C@@H]1CCCN1)C(=O)N[C@@H](CCC(N)=O)C(=O)N[C@@H](CO)C(=O)O. The smallest absolute Gasteiger partial charge is 0.328 e. The molecule has 8 amide bonds. The second-order valence-corrected chi connectivity index (χ2v) is 13.2. The van der Waals surface area contributed by atoms with Crippen LogP contribution in [0.3, 0.4) is 0 Å². The minimum absolute atomic E-state index is 0.0184. The fourth-order valence-corrected chi connectivity index (χ4v) is 5.45. The van der Waals surface area contributed by atoms with Crippen molar-refractivity contribution in [1.82, 2.24) is 37.2 Å². The first-order valence-corrected chi connectivity index (χ1v) is 17.5. The molecule has 1 aromatic carbocycles. The summed E-state index contributed by atoms with van der Waals surface area (Å²) in [6.45, 7) is 2.68. The minimum Gasteiger partial charge on any atom is -0.480 e. The number of rotatable bonds is 23. The van der Waals surface area contributed by atoms with E-state index in [0.717, 1.165) is 6.42 Å². The molecule has 1 saturated heterocycles. The Hall–Kier alpha value is -5.63. The van der Waals surface area contributed by atoms with Crippen molar-refractivity contribution < 1.29 is 53.4 Å². The highest BCUT2D eigenvalue weighted by Crippen LogP contribution is 2.10. The number of amides is 8. The van der Waals surface area contributed by atoms with E-state index >= 15 is 0 Å². The number of carbonyl (C=O) groups is 9. The Morgan fingerprint density at radius 2 is 1.35 bits per heavy atom. The van der Waals surface area contributed by atoms with Crippen LogP contribution in [0.2, 0.25) is 0 Å². The number of carboxylic acids is 1. The molecule has 54 heavy (non-hydrogen) atoms. The third-order valence-electron chi connectivity index (χ3n) is 8.22. The molecule has 1 aromatic rings. The van der Waals surface area contributed by atoms with E-state index in [1.54, 1.807) is 44.2 Å². The monoisotopic (exact) mass is 761 g/mol. The van der Waals surface area contributed by atoms with E-state index in [1.807, 2.05) is 0 Å². The number of carbonyl (C=O) groups excluding carboxylic acids is 8. The van der Waals surface area contributed by atoms with E-state index in [-0.39, 0.29) is 31.6 Å². The van der Waals surface area contributed by atoms with Crippen molar-refractivity contribution in [3.8, 4) is 0 Å². The number of aliphatic hydroxyl groups excluding tert-OH is 1. The zero-order chi connectivity index (χ0) is 40.4. The number of hydrogen-bond acceptors (Lipinski definition) is 11. The summed E-state index contributed by atoms with van der Waals surface area (Å²) in [6.07, 6.45) is -0.0826. The van der Waals surface area contributed by atoms with Gasteiger partial charge in [-0.25, -0.2) is 4.79 Å². The average molecular weight is 762 g/mol. The highest BCUT2D eigenvalue weighted by Gasteiger charge is 2.33. The number of benzene rings is 1. The molecule has 0 aromatic heterocycles. The first kappa shape index (κ1) is 44.5. The normalized spacial score (nSPS) is 16.4. The second kappa shape index (κ2) is 22.4. The summed E-state index contributed by atoms with van der Waals surface area (Å²) < 4.78 is 0. The average Bonchev–Trinajstić information content (AvgIpc) is 3.65. The lowest BCUT2D eigenvalue weighted by molar-refractivity contribution is -0.143. The molecule has 0 saturated carbocycles. The lowest BCUT2D eigenvalue weighted by atomic mass is 10.00. The predicted molar refractivity (Wildman–Crippen MR) is 190 cm³/mol. The zero-order valence-electron chi connectivity index (χ0n) is 30.2. The van der Waals surface area contributed by atoms with Crippen LogP contribution in [0.4, 0.5) is 0 Å². The number of aliphatic hydroxyl groups is 1. The molecular formula is C34H51N9O11. The molecule has 0 unspecified atom stereocenters. The topological polar surface area (TPSA) is 330 Å². The third kappa shape index (κ3) is 15.9. The van der Waals surface area contributed by atoms with E-state index in [0.29, 0.717) is 18.5 Å². The number of carboxylic acid groups (broad SMARTS) is 1. The van der Waals surface area contributed by atoms with E-state index in [9.17, 15) is 53.4 Å². The van der Waals surface area contributed by atoms with Gasteiger partial charge in [-0.15, -0.1) is 0 Å². The highest BCUT2D eigenvalue weighted by molar-refractivity contribution is 5.98. The van der Waals surface area contributed by atoms with Gasteiger partial charge < -0.3 is 58.9 Å². The molecule has 1 fully saturated rings. The van der Waals surface area contributed by atoms with Crippen LogP contribution in [-0.2, 0) is 49.6 Å². The van der Waals surface area contributed by atoms with Crippen LogP contribution >= 0.6 is 0 Å². The molecule has 20 heteroatoms. The summed E-state index contributed by atoms with van der Waals surface area (Å²) in [7, 11) is 0. The van der Waals surface area contributed by atoms with Gasteiger partial charge in [0.2, 0.25) is 47.3 Å². The summed E-state index contributed by atoms with van der Waals surface area (Å²) in [5.41, 5.74) is 11.2. The van der Waals surface area contributed by atoms with E-state index in [4.69, 9.17) is 11.5 Å². The standard InChI is InChI=1S/C34H51N9O11/c1-18(2)13-22(31(50)40-21(10-11-26(35)45)30(49)43-25(17-44)34(53)54)41-32(51)23(14-19-7-4-3-5-8-19)42-33(52)24(15-27(36)46)39-28(47)16-38-29(48)20-9-6-12-37-20/h3-5,7-8,18,20-25,37,44H,6,9-17H2,1-2H3,(H2,35,45)(H2,36,46)(H,38,48)(H,39,47)(H,40,50)(H,41,51)(H,42,52)(H,43,49)(H,53,54)/t20-,21-,22-,23-,24-,25-/m0/s1. The number of nitrogens with one attached hydrogen (secondary N) is 7. The zero-order valence-corrected chi connectivity index (χ0v) is 30.2. The van der Waals surface area contributed by atoms with Crippen molar-refractivity contribution in [2.75, 3.05) is 19.7 Å². The van der Waals surface area contributed by atoms with E-state index < -0.39 is 109 Å². The first-order chi connectivity index (χ1) is 25.5. The Balaban J connectivity index is 2.29.